The molecule has 0 radical (unpaired) electrons. The van der Waals surface area contributed by atoms with Crippen LogP contribution in [-0.2, 0) is 4.79 Å². The summed E-state index contributed by atoms with van der Waals surface area (Å²) in [6.45, 7) is -0.0839. The molecule has 1 aromatic rings. The van der Waals surface area contributed by atoms with Crippen LogP contribution in [0.3, 0.4) is 0 Å². The Balaban J connectivity index is 2.97. The molecule has 0 atom stereocenters. The van der Waals surface area contributed by atoms with Crippen molar-refractivity contribution < 1.29 is 19.4 Å². The number of benzene rings is 1. The van der Waals surface area contributed by atoms with Crippen LogP contribution < -0.4 is 15.8 Å². The highest BCUT2D eigenvalue weighted by atomic mass is 16.5. The zero-order chi connectivity index (χ0) is 12.1. The molecule has 0 spiro atoms. The molecule has 1 amide bonds. The monoisotopic (exact) mass is 224 g/mol. The number of aromatic carboxylic acids is 1. The number of hydrogen-bond donors (Lipinski definition) is 3. The summed E-state index contributed by atoms with van der Waals surface area (Å²) in [6.07, 6.45) is 0. The molecule has 0 aliphatic heterocycles. The molecule has 6 nitrogen and oxygen atoms in total. The van der Waals surface area contributed by atoms with Crippen LogP contribution in [0.4, 0.5) is 5.69 Å². The Morgan fingerprint density at radius 3 is 2.69 bits per heavy atom. The Morgan fingerprint density at radius 1 is 1.50 bits per heavy atom. The van der Waals surface area contributed by atoms with Gasteiger partial charge in [0.2, 0.25) is 5.91 Å². The van der Waals surface area contributed by atoms with Crippen molar-refractivity contribution >= 4 is 17.6 Å². The third-order valence-corrected chi connectivity index (χ3v) is 1.90. The molecule has 86 valence electrons. The number of nitrogens with two attached hydrogens (primary N) is 1. The smallest absolute Gasteiger partial charge is 0.335 e. The Hall–Kier alpha value is -2.24. The standard InChI is InChI=1S/C10H12N2O4/c1-16-8-3-2-6(10(14)15)4-7(8)12-5-9(11)13/h2-4,12H,5H2,1H3,(H2,11,13)(H,14,15). The fourth-order valence-electron chi connectivity index (χ4n) is 1.16. The van der Waals surface area contributed by atoms with Crippen LogP contribution in [0.5, 0.6) is 5.75 Å². The quantitative estimate of drug-likeness (QED) is 0.667. The van der Waals surface area contributed by atoms with Gasteiger partial charge in [-0.3, -0.25) is 4.79 Å². The Kier molecular flexibility index (Phi) is 3.71. The van der Waals surface area contributed by atoms with E-state index in [4.69, 9.17) is 15.6 Å². The number of nitrogens with one attached hydrogen (secondary N) is 1. The molecule has 4 N–H and O–H groups in total. The van der Waals surface area contributed by atoms with Gasteiger partial charge in [0.05, 0.1) is 24.9 Å². The summed E-state index contributed by atoms with van der Waals surface area (Å²) >= 11 is 0. The number of rotatable bonds is 5. The maximum atomic E-state index is 10.7. The molecule has 0 aromatic heterocycles. The second kappa shape index (κ2) is 5.01. The van der Waals surface area contributed by atoms with Crippen molar-refractivity contribution in [3.05, 3.63) is 23.8 Å². The number of carbonyl (C=O) groups excluding carboxylic acids is 1. The fourth-order valence-corrected chi connectivity index (χ4v) is 1.16. The number of hydrogen-bond acceptors (Lipinski definition) is 4. The molecule has 1 rings (SSSR count). The molecular formula is C10H12N2O4. The average Bonchev–Trinajstić information content (AvgIpc) is 2.25. The first-order chi connectivity index (χ1) is 7.54. The summed E-state index contributed by atoms with van der Waals surface area (Å²) < 4.78 is 5.00. The third-order valence-electron chi connectivity index (χ3n) is 1.90. The van der Waals surface area contributed by atoms with E-state index in [0.29, 0.717) is 11.4 Å². The summed E-state index contributed by atoms with van der Waals surface area (Å²) in [6, 6.07) is 4.30. The van der Waals surface area contributed by atoms with Gasteiger partial charge < -0.3 is 20.9 Å². The molecule has 0 aliphatic carbocycles. The summed E-state index contributed by atoms with van der Waals surface area (Å²) in [5, 5.41) is 11.5. The van der Waals surface area contributed by atoms with Gasteiger partial charge in [-0.2, -0.15) is 0 Å². The molecule has 0 unspecified atom stereocenters. The second-order valence-corrected chi connectivity index (χ2v) is 3.04. The van der Waals surface area contributed by atoms with Gasteiger partial charge in [-0.1, -0.05) is 0 Å². The number of carboxylic acids is 1. The first-order valence-electron chi connectivity index (χ1n) is 4.48. The Labute approximate surface area is 92.0 Å². The number of carbonyl (C=O) groups is 2. The predicted octanol–water partition coefficient (Wildman–Crippen LogP) is 0.291. The molecule has 1 aromatic carbocycles. The zero-order valence-electron chi connectivity index (χ0n) is 8.69. The fraction of sp³-hybridized carbons (Fsp3) is 0.200. The third kappa shape index (κ3) is 2.88. The molecular weight excluding hydrogens is 212 g/mol. The maximum absolute atomic E-state index is 10.7. The van der Waals surface area contributed by atoms with E-state index in [2.05, 4.69) is 5.32 Å². The molecule has 0 bridgehead atoms. The van der Waals surface area contributed by atoms with Crippen molar-refractivity contribution in [3.63, 3.8) is 0 Å². The largest absolute Gasteiger partial charge is 0.495 e. The first kappa shape index (κ1) is 11.8. The van der Waals surface area contributed by atoms with Crippen LogP contribution in [0.1, 0.15) is 10.4 Å². The van der Waals surface area contributed by atoms with E-state index in [1.165, 1.54) is 25.3 Å². The molecule has 0 aliphatic rings. The van der Waals surface area contributed by atoms with Crippen LogP contribution in [0.15, 0.2) is 18.2 Å². The lowest BCUT2D eigenvalue weighted by Crippen LogP contribution is -2.22. The van der Waals surface area contributed by atoms with Gasteiger partial charge in [0.1, 0.15) is 5.75 Å². The van der Waals surface area contributed by atoms with E-state index < -0.39 is 11.9 Å². The first-order valence-corrected chi connectivity index (χ1v) is 4.48. The minimum atomic E-state index is -1.05. The van der Waals surface area contributed by atoms with Crippen molar-refractivity contribution in [1.29, 1.82) is 0 Å². The number of amides is 1. The van der Waals surface area contributed by atoms with E-state index >= 15 is 0 Å². The van der Waals surface area contributed by atoms with Crippen LogP contribution in [0, 0.1) is 0 Å². The predicted molar refractivity (Wildman–Crippen MR) is 57.6 cm³/mol. The summed E-state index contributed by atoms with van der Waals surface area (Å²) in [5.41, 5.74) is 5.49. The number of anilines is 1. The highest BCUT2D eigenvalue weighted by molar-refractivity contribution is 5.90. The van der Waals surface area contributed by atoms with Gasteiger partial charge >= 0.3 is 5.97 Å². The normalized spacial score (nSPS) is 9.56. The van der Waals surface area contributed by atoms with Gasteiger partial charge in [0.15, 0.2) is 0 Å². The highest BCUT2D eigenvalue weighted by Gasteiger charge is 2.09. The topological polar surface area (TPSA) is 102 Å². The summed E-state index contributed by atoms with van der Waals surface area (Å²) in [7, 11) is 1.45. The summed E-state index contributed by atoms with van der Waals surface area (Å²) in [5.74, 6) is -1.14. The lowest BCUT2D eigenvalue weighted by Gasteiger charge is -2.10. The number of methoxy groups -OCH3 is 1. The highest BCUT2D eigenvalue weighted by Crippen LogP contribution is 2.25. The van der Waals surface area contributed by atoms with Crippen LogP contribution in [0.2, 0.25) is 0 Å². The van der Waals surface area contributed by atoms with E-state index in [9.17, 15) is 9.59 Å². The van der Waals surface area contributed by atoms with Gasteiger partial charge in [-0.15, -0.1) is 0 Å². The molecule has 0 saturated carbocycles. The van der Waals surface area contributed by atoms with Gasteiger partial charge in [0.25, 0.3) is 0 Å². The lowest BCUT2D eigenvalue weighted by atomic mass is 10.2. The van der Waals surface area contributed by atoms with Crippen LogP contribution in [0.25, 0.3) is 0 Å². The second-order valence-electron chi connectivity index (χ2n) is 3.04. The van der Waals surface area contributed by atoms with Crippen LogP contribution in [-0.4, -0.2) is 30.6 Å². The maximum Gasteiger partial charge on any atom is 0.335 e. The van der Waals surface area contributed by atoms with Crippen molar-refractivity contribution in [2.45, 2.75) is 0 Å². The minimum absolute atomic E-state index is 0.0839. The van der Waals surface area contributed by atoms with Crippen LogP contribution >= 0.6 is 0 Å². The van der Waals surface area contributed by atoms with Gasteiger partial charge in [0, 0.05) is 0 Å². The molecule has 6 heteroatoms. The minimum Gasteiger partial charge on any atom is -0.495 e. The Bertz CT molecular complexity index is 417. The van der Waals surface area contributed by atoms with E-state index in [-0.39, 0.29) is 12.1 Å². The number of ether oxygens (including phenoxy) is 1. The van der Waals surface area contributed by atoms with Gasteiger partial charge in [-0.05, 0) is 18.2 Å². The zero-order valence-corrected chi connectivity index (χ0v) is 8.69. The SMILES string of the molecule is COc1ccc(C(=O)O)cc1NCC(N)=O. The van der Waals surface area contributed by atoms with Crippen molar-refractivity contribution in [2.75, 3.05) is 19.0 Å². The van der Waals surface area contributed by atoms with Gasteiger partial charge in [-0.25, -0.2) is 4.79 Å². The lowest BCUT2D eigenvalue weighted by molar-refractivity contribution is -0.116. The summed E-state index contributed by atoms with van der Waals surface area (Å²) in [4.78, 5) is 21.3. The van der Waals surface area contributed by atoms with E-state index in [0.717, 1.165) is 0 Å². The Morgan fingerprint density at radius 2 is 2.19 bits per heavy atom. The molecule has 0 heterocycles. The van der Waals surface area contributed by atoms with E-state index in [1.807, 2.05) is 0 Å². The van der Waals surface area contributed by atoms with Crippen molar-refractivity contribution in [1.82, 2.24) is 0 Å². The van der Waals surface area contributed by atoms with E-state index in [1.54, 1.807) is 0 Å². The van der Waals surface area contributed by atoms with Crippen molar-refractivity contribution in [2.24, 2.45) is 5.73 Å². The number of primary amides is 1. The average molecular weight is 224 g/mol. The van der Waals surface area contributed by atoms with Crippen molar-refractivity contribution in [3.8, 4) is 5.75 Å². The molecule has 0 fully saturated rings. The number of carboxylic acid groups (broad SMARTS) is 1. The molecule has 0 saturated heterocycles. The molecule has 16 heavy (non-hydrogen) atoms.